The van der Waals surface area contributed by atoms with Crippen LogP contribution in [0, 0.1) is 13.8 Å². The zero-order valence-electron chi connectivity index (χ0n) is 38.8. The number of hydrogen-bond donors (Lipinski definition) is 0. The molecule has 11 nitrogen and oxygen atoms in total. The fraction of sp³-hybridized carbons (Fsp3) is 0.189. The van der Waals surface area contributed by atoms with Crippen LogP contribution < -0.4 is 28.4 Å². The van der Waals surface area contributed by atoms with Crippen molar-refractivity contribution in [2.24, 2.45) is 0 Å². The van der Waals surface area contributed by atoms with E-state index in [-0.39, 0.29) is 21.5 Å². The van der Waals surface area contributed by atoms with Crippen molar-refractivity contribution < 1.29 is 69.0 Å². The zero-order valence-corrected chi connectivity index (χ0v) is 40.3. The zero-order chi connectivity index (χ0) is 51.6. The largest absolute Gasteiger partial charge is 0.573 e. The SMILES string of the molecule is COc1cc2nc(C)c(-c3ccc(Oc4ccc(OC(F)(F)F)cc4)cc3)c(C(C)OC(=O)OC(C)c3c(-c4ccc(Oc5ccc(OC(F)(F)F)cc5)cc4)c(C)nc4cc(OC)c(Cl)cc34)c2cc1Cl. The van der Waals surface area contributed by atoms with Crippen molar-refractivity contribution in [2.75, 3.05) is 14.2 Å². The molecule has 8 rings (SSSR count). The smallest absolute Gasteiger partial charge is 0.495 e. The van der Waals surface area contributed by atoms with Gasteiger partial charge < -0.3 is 37.9 Å². The van der Waals surface area contributed by atoms with Crippen molar-refractivity contribution in [1.82, 2.24) is 9.97 Å². The van der Waals surface area contributed by atoms with Crippen molar-refractivity contribution in [3.63, 3.8) is 0 Å². The van der Waals surface area contributed by atoms with E-state index < -0.39 is 42.6 Å². The molecule has 0 spiro atoms. The van der Waals surface area contributed by atoms with E-state index >= 15 is 0 Å². The minimum Gasteiger partial charge on any atom is -0.495 e. The van der Waals surface area contributed by atoms with Gasteiger partial charge in [0.15, 0.2) is 0 Å². The highest BCUT2D eigenvalue weighted by atomic mass is 35.5. The summed E-state index contributed by atoms with van der Waals surface area (Å²) in [7, 11) is 2.96. The maximum absolute atomic E-state index is 14.2. The van der Waals surface area contributed by atoms with Crippen molar-refractivity contribution >= 4 is 51.2 Å². The lowest BCUT2D eigenvalue weighted by Crippen LogP contribution is -2.16. The number of aryl methyl sites for hydroxylation is 2. The molecule has 2 unspecified atom stereocenters. The van der Waals surface area contributed by atoms with Crippen molar-refractivity contribution in [3.8, 4) is 68.2 Å². The Bertz CT molecular complexity index is 3070. The lowest BCUT2D eigenvalue weighted by Gasteiger charge is -2.24. The average molecular weight is 1030 g/mol. The number of carbonyl (C=O) groups excluding carboxylic acids is 1. The summed E-state index contributed by atoms with van der Waals surface area (Å²) >= 11 is 13.4. The standard InChI is InChI=1S/C53H40Cl2F6N2O9/c1-27-47(31-7-11-33(12-8-31)69-35-15-19-37(20-16-35)71-52(56,57)58)49(39-23-41(54)45(65-5)25-43(39)62-27)29(3)67-51(64)68-30(4)50-40-24-42(55)46(66-6)26-44(40)63-28(2)48(50)32-9-13-34(14-10-32)70-36-17-21-38(22-18-36)72-53(59,60)61/h7-26,29-30H,1-6H3. The number of nitrogens with zero attached hydrogens (tertiary/aromatic N) is 2. The van der Waals surface area contributed by atoms with Crippen LogP contribution in [0.1, 0.15) is 48.6 Å². The highest BCUT2D eigenvalue weighted by molar-refractivity contribution is 6.33. The van der Waals surface area contributed by atoms with E-state index in [1.165, 1.54) is 38.5 Å². The summed E-state index contributed by atoms with van der Waals surface area (Å²) in [6.07, 6.45) is -12.7. The summed E-state index contributed by atoms with van der Waals surface area (Å²) in [4.78, 5) is 23.9. The van der Waals surface area contributed by atoms with E-state index in [1.807, 2.05) is 0 Å². The summed E-state index contributed by atoms with van der Waals surface area (Å²) in [6.45, 7) is 6.96. The summed E-state index contributed by atoms with van der Waals surface area (Å²) in [5.41, 5.74) is 5.74. The number of aromatic nitrogens is 2. The number of methoxy groups -OCH3 is 2. The first kappa shape index (κ1) is 50.7. The Morgan fingerprint density at radius 3 is 1.11 bits per heavy atom. The minimum atomic E-state index is -4.84. The first-order chi connectivity index (χ1) is 34.2. The number of benzene rings is 6. The number of alkyl halides is 6. The van der Waals surface area contributed by atoms with Crippen LogP contribution in [0.3, 0.4) is 0 Å². The Hall–Kier alpha value is -7.63. The molecule has 0 aliphatic carbocycles. The summed E-state index contributed by atoms with van der Waals surface area (Å²) < 4.78 is 119. The number of rotatable bonds is 14. The monoisotopic (exact) mass is 1030 g/mol. The molecule has 0 fully saturated rings. The molecule has 2 aromatic heterocycles. The van der Waals surface area contributed by atoms with Crippen LogP contribution in [-0.2, 0) is 9.47 Å². The molecule has 0 radical (unpaired) electrons. The first-order valence-electron chi connectivity index (χ1n) is 21.7. The van der Waals surface area contributed by atoms with E-state index in [9.17, 15) is 31.1 Å². The quantitative estimate of drug-likeness (QED) is 0.0765. The maximum atomic E-state index is 14.2. The Labute approximate surface area is 417 Å². The molecule has 0 saturated carbocycles. The van der Waals surface area contributed by atoms with Crippen LogP contribution in [0.25, 0.3) is 44.1 Å². The minimum absolute atomic E-state index is 0.265. The summed E-state index contributed by atoms with van der Waals surface area (Å²) in [6, 6.07) is 30.4. The molecule has 2 heterocycles. The van der Waals surface area contributed by atoms with E-state index in [0.717, 1.165) is 24.3 Å². The van der Waals surface area contributed by atoms with Gasteiger partial charge in [-0.1, -0.05) is 47.5 Å². The number of fused-ring (bicyclic) bond motifs is 2. The normalized spacial score (nSPS) is 12.5. The molecule has 0 saturated heterocycles. The van der Waals surface area contributed by atoms with Gasteiger partial charge in [-0.2, -0.15) is 0 Å². The van der Waals surface area contributed by atoms with Gasteiger partial charge in [0.25, 0.3) is 0 Å². The average Bonchev–Trinajstić information content (AvgIpc) is 3.31. The van der Waals surface area contributed by atoms with Crippen LogP contribution in [0.4, 0.5) is 31.1 Å². The molecule has 2 atom stereocenters. The highest BCUT2D eigenvalue weighted by Gasteiger charge is 2.32. The van der Waals surface area contributed by atoms with Crippen LogP contribution in [0.2, 0.25) is 10.0 Å². The number of ether oxygens (including phenoxy) is 8. The molecule has 0 amide bonds. The molecule has 0 aliphatic rings. The van der Waals surface area contributed by atoms with Gasteiger partial charge in [0, 0.05) is 56.5 Å². The molecule has 6 aromatic carbocycles. The van der Waals surface area contributed by atoms with Crippen molar-refractivity contribution in [2.45, 2.75) is 52.6 Å². The molecule has 0 aliphatic heterocycles. The van der Waals surface area contributed by atoms with Gasteiger partial charge in [0.05, 0.1) is 35.3 Å². The second kappa shape index (κ2) is 20.6. The molecule has 8 aromatic rings. The van der Waals surface area contributed by atoms with Gasteiger partial charge >= 0.3 is 18.9 Å². The third-order valence-corrected chi connectivity index (χ3v) is 11.8. The first-order valence-corrected chi connectivity index (χ1v) is 22.4. The number of halogens is 8. The molecular weight excluding hydrogens is 993 g/mol. The van der Waals surface area contributed by atoms with Gasteiger partial charge in [-0.3, -0.25) is 9.97 Å². The van der Waals surface area contributed by atoms with E-state index in [1.54, 1.807) is 100 Å². The van der Waals surface area contributed by atoms with E-state index in [4.69, 9.17) is 61.6 Å². The second-order valence-corrected chi connectivity index (χ2v) is 16.9. The van der Waals surface area contributed by atoms with Gasteiger partial charge in [0.2, 0.25) is 0 Å². The fourth-order valence-electron chi connectivity index (χ4n) is 8.22. The highest BCUT2D eigenvalue weighted by Crippen LogP contribution is 2.44. The third kappa shape index (κ3) is 11.6. The van der Waals surface area contributed by atoms with Crippen molar-refractivity contribution in [1.29, 1.82) is 0 Å². The molecular formula is C53H40Cl2F6N2O9. The van der Waals surface area contributed by atoms with Gasteiger partial charge in [-0.15, -0.1) is 26.3 Å². The number of pyridine rings is 2. The predicted octanol–water partition coefficient (Wildman–Crippen LogP) is 16.4. The maximum Gasteiger partial charge on any atom is 0.573 e. The molecule has 372 valence electrons. The van der Waals surface area contributed by atoms with E-state index in [2.05, 4.69) is 9.47 Å². The Balaban J connectivity index is 1.10. The Morgan fingerprint density at radius 1 is 0.500 bits per heavy atom. The third-order valence-electron chi connectivity index (χ3n) is 11.2. The summed E-state index contributed by atoms with van der Waals surface area (Å²) in [5.74, 6) is 1.24. The van der Waals surface area contributed by atoms with Crippen LogP contribution in [0.15, 0.2) is 121 Å². The molecule has 72 heavy (non-hydrogen) atoms. The predicted molar refractivity (Wildman–Crippen MR) is 258 cm³/mol. The van der Waals surface area contributed by atoms with Crippen LogP contribution >= 0.6 is 23.2 Å². The molecule has 19 heteroatoms. The fourth-order valence-corrected chi connectivity index (χ4v) is 8.71. The van der Waals surface area contributed by atoms with Crippen LogP contribution in [0.5, 0.6) is 46.0 Å². The number of carbonyl (C=O) groups is 1. The second-order valence-electron chi connectivity index (χ2n) is 16.0. The number of hydrogen-bond acceptors (Lipinski definition) is 11. The van der Waals surface area contributed by atoms with Gasteiger partial charge in [-0.05, 0) is 124 Å². The summed E-state index contributed by atoms with van der Waals surface area (Å²) in [5, 5.41) is 1.66. The molecule has 0 N–H and O–H groups in total. The molecule has 0 bridgehead atoms. The Kier molecular flexibility index (Phi) is 14.5. The lowest BCUT2D eigenvalue weighted by molar-refractivity contribution is -0.275. The van der Waals surface area contributed by atoms with Crippen LogP contribution in [-0.4, -0.2) is 43.1 Å². The van der Waals surface area contributed by atoms with Gasteiger partial charge in [0.1, 0.15) is 58.2 Å². The van der Waals surface area contributed by atoms with Crippen molar-refractivity contribution in [3.05, 3.63) is 154 Å². The lowest BCUT2D eigenvalue weighted by atomic mass is 9.91. The van der Waals surface area contributed by atoms with Gasteiger partial charge in [-0.25, -0.2) is 4.79 Å². The van der Waals surface area contributed by atoms with E-state index in [0.29, 0.717) is 89.6 Å². The topological polar surface area (TPSA) is 117 Å². The Morgan fingerprint density at radius 2 is 0.806 bits per heavy atom.